The SMILES string of the molecule is CCSC1CCC(NC(=O)Cc2ccc(N)cc2)C1. The number of benzene rings is 1. The highest BCUT2D eigenvalue weighted by atomic mass is 32.2. The Hall–Kier alpha value is -1.16. The zero-order chi connectivity index (χ0) is 13.7. The van der Waals surface area contributed by atoms with Crippen molar-refractivity contribution in [3.8, 4) is 0 Å². The lowest BCUT2D eigenvalue weighted by atomic mass is 10.1. The first-order valence-corrected chi connectivity index (χ1v) is 7.97. The summed E-state index contributed by atoms with van der Waals surface area (Å²) < 4.78 is 0. The van der Waals surface area contributed by atoms with E-state index in [4.69, 9.17) is 5.73 Å². The van der Waals surface area contributed by atoms with Crippen LogP contribution in [0.4, 0.5) is 5.69 Å². The van der Waals surface area contributed by atoms with Gasteiger partial charge in [-0.15, -0.1) is 0 Å². The number of anilines is 1. The Morgan fingerprint density at radius 3 is 2.79 bits per heavy atom. The van der Waals surface area contributed by atoms with Crippen molar-refractivity contribution in [1.82, 2.24) is 5.32 Å². The van der Waals surface area contributed by atoms with Crippen LogP contribution in [0.25, 0.3) is 0 Å². The van der Waals surface area contributed by atoms with Gasteiger partial charge in [-0.1, -0.05) is 19.1 Å². The maximum Gasteiger partial charge on any atom is 0.224 e. The number of rotatable bonds is 5. The minimum Gasteiger partial charge on any atom is -0.399 e. The zero-order valence-electron chi connectivity index (χ0n) is 11.4. The predicted molar refractivity (Wildman–Crippen MR) is 82.3 cm³/mol. The van der Waals surface area contributed by atoms with Crippen molar-refractivity contribution < 1.29 is 4.79 Å². The minimum atomic E-state index is 0.122. The van der Waals surface area contributed by atoms with Gasteiger partial charge in [0.1, 0.15) is 0 Å². The van der Waals surface area contributed by atoms with Crippen LogP contribution in [-0.4, -0.2) is 23.0 Å². The molecule has 0 saturated heterocycles. The normalized spacial score (nSPS) is 22.4. The summed E-state index contributed by atoms with van der Waals surface area (Å²) >= 11 is 2.01. The smallest absolute Gasteiger partial charge is 0.224 e. The van der Waals surface area contributed by atoms with Gasteiger partial charge in [-0.2, -0.15) is 11.8 Å². The second-order valence-corrected chi connectivity index (χ2v) is 6.65. The lowest BCUT2D eigenvalue weighted by molar-refractivity contribution is -0.121. The van der Waals surface area contributed by atoms with Crippen molar-refractivity contribution in [3.63, 3.8) is 0 Å². The summed E-state index contributed by atoms with van der Waals surface area (Å²) in [7, 11) is 0. The maximum absolute atomic E-state index is 12.0. The molecular weight excluding hydrogens is 256 g/mol. The highest BCUT2D eigenvalue weighted by molar-refractivity contribution is 7.99. The monoisotopic (exact) mass is 278 g/mol. The van der Waals surface area contributed by atoms with Crippen molar-refractivity contribution in [1.29, 1.82) is 0 Å². The van der Waals surface area contributed by atoms with Crippen LogP contribution in [0.3, 0.4) is 0 Å². The van der Waals surface area contributed by atoms with Gasteiger partial charge in [-0.05, 0) is 42.7 Å². The van der Waals surface area contributed by atoms with E-state index < -0.39 is 0 Å². The second kappa shape index (κ2) is 6.85. The fraction of sp³-hybridized carbons (Fsp3) is 0.533. The summed E-state index contributed by atoms with van der Waals surface area (Å²) in [6.45, 7) is 2.19. The molecule has 0 aliphatic heterocycles. The van der Waals surface area contributed by atoms with Gasteiger partial charge >= 0.3 is 0 Å². The largest absolute Gasteiger partial charge is 0.399 e. The van der Waals surface area contributed by atoms with Crippen LogP contribution in [0.2, 0.25) is 0 Å². The molecule has 1 fully saturated rings. The molecular formula is C15H22N2OS. The molecule has 4 heteroatoms. The third-order valence-corrected chi connectivity index (χ3v) is 4.73. The van der Waals surface area contributed by atoms with E-state index >= 15 is 0 Å². The number of hydrogen-bond acceptors (Lipinski definition) is 3. The first kappa shape index (κ1) is 14.3. The quantitative estimate of drug-likeness (QED) is 0.814. The molecule has 0 bridgehead atoms. The van der Waals surface area contributed by atoms with Crippen molar-refractivity contribution >= 4 is 23.4 Å². The number of amides is 1. The topological polar surface area (TPSA) is 55.1 Å². The number of thioether (sulfide) groups is 1. The molecule has 1 aliphatic carbocycles. The Morgan fingerprint density at radius 2 is 2.11 bits per heavy atom. The maximum atomic E-state index is 12.0. The predicted octanol–water partition coefficient (Wildman–Crippen LogP) is 2.60. The van der Waals surface area contributed by atoms with Crippen LogP contribution in [-0.2, 0) is 11.2 Å². The standard InChI is InChI=1S/C15H22N2OS/c1-2-19-14-8-7-13(10-14)17-15(18)9-11-3-5-12(16)6-4-11/h3-6,13-14H,2,7-10,16H2,1H3,(H,17,18). The van der Waals surface area contributed by atoms with E-state index in [1.807, 2.05) is 36.0 Å². The molecule has 19 heavy (non-hydrogen) atoms. The van der Waals surface area contributed by atoms with Gasteiger partial charge in [0.15, 0.2) is 0 Å². The summed E-state index contributed by atoms with van der Waals surface area (Å²) in [5.74, 6) is 1.29. The van der Waals surface area contributed by atoms with Gasteiger partial charge in [-0.3, -0.25) is 4.79 Å². The van der Waals surface area contributed by atoms with Crippen LogP contribution in [0.1, 0.15) is 31.7 Å². The number of carbonyl (C=O) groups excluding carboxylic acids is 1. The molecule has 0 spiro atoms. The van der Waals surface area contributed by atoms with Crippen LogP contribution >= 0.6 is 11.8 Å². The molecule has 3 N–H and O–H groups in total. The molecule has 1 aromatic rings. The number of nitrogens with one attached hydrogen (secondary N) is 1. The highest BCUT2D eigenvalue weighted by Crippen LogP contribution is 2.29. The molecule has 2 atom stereocenters. The molecule has 3 nitrogen and oxygen atoms in total. The minimum absolute atomic E-state index is 0.122. The van der Waals surface area contributed by atoms with Crippen LogP contribution in [0.5, 0.6) is 0 Å². The molecule has 0 aromatic heterocycles. The van der Waals surface area contributed by atoms with Gasteiger partial charge in [0.2, 0.25) is 5.91 Å². The Morgan fingerprint density at radius 1 is 1.37 bits per heavy atom. The van der Waals surface area contributed by atoms with Crippen LogP contribution in [0.15, 0.2) is 24.3 Å². The Kier molecular flexibility index (Phi) is 5.14. The number of nitrogens with two attached hydrogens (primary N) is 1. The molecule has 1 aliphatic rings. The number of carbonyl (C=O) groups is 1. The summed E-state index contributed by atoms with van der Waals surface area (Å²) in [4.78, 5) is 12.0. The fourth-order valence-corrected chi connectivity index (χ4v) is 3.70. The summed E-state index contributed by atoms with van der Waals surface area (Å²) in [6, 6.07) is 7.88. The van der Waals surface area contributed by atoms with Gasteiger partial charge in [0.25, 0.3) is 0 Å². The molecule has 1 saturated carbocycles. The van der Waals surface area contributed by atoms with Crippen molar-refractivity contribution in [3.05, 3.63) is 29.8 Å². The average Bonchev–Trinajstić information content (AvgIpc) is 2.80. The van der Waals surface area contributed by atoms with E-state index in [9.17, 15) is 4.79 Å². The van der Waals surface area contributed by atoms with Gasteiger partial charge in [0, 0.05) is 17.0 Å². The van der Waals surface area contributed by atoms with Crippen LogP contribution < -0.4 is 11.1 Å². The van der Waals surface area contributed by atoms with E-state index in [1.54, 1.807) is 0 Å². The second-order valence-electron chi connectivity index (χ2n) is 5.07. The molecule has 1 aromatic carbocycles. The summed E-state index contributed by atoms with van der Waals surface area (Å²) in [5, 5.41) is 3.88. The van der Waals surface area contributed by atoms with Crippen molar-refractivity contribution in [2.45, 2.75) is 43.9 Å². The van der Waals surface area contributed by atoms with E-state index in [0.29, 0.717) is 12.5 Å². The number of nitrogen functional groups attached to an aromatic ring is 1. The van der Waals surface area contributed by atoms with Gasteiger partial charge in [0.05, 0.1) is 6.42 Å². The summed E-state index contributed by atoms with van der Waals surface area (Å²) in [5.41, 5.74) is 7.38. The first-order valence-electron chi connectivity index (χ1n) is 6.92. The number of hydrogen-bond donors (Lipinski definition) is 2. The van der Waals surface area contributed by atoms with E-state index in [-0.39, 0.29) is 5.91 Å². The fourth-order valence-electron chi connectivity index (χ4n) is 2.56. The molecule has 2 unspecified atom stereocenters. The van der Waals surface area contributed by atoms with Crippen molar-refractivity contribution in [2.75, 3.05) is 11.5 Å². The Bertz CT molecular complexity index is 419. The summed E-state index contributed by atoms with van der Waals surface area (Å²) in [6.07, 6.45) is 3.91. The molecule has 2 rings (SSSR count). The molecule has 104 valence electrons. The van der Waals surface area contributed by atoms with E-state index in [2.05, 4.69) is 12.2 Å². The third kappa shape index (κ3) is 4.46. The van der Waals surface area contributed by atoms with Crippen molar-refractivity contribution in [2.24, 2.45) is 0 Å². The third-order valence-electron chi connectivity index (χ3n) is 3.50. The lowest BCUT2D eigenvalue weighted by Gasteiger charge is -2.13. The van der Waals surface area contributed by atoms with Gasteiger partial charge in [-0.25, -0.2) is 0 Å². The molecule has 1 amide bonds. The Labute approximate surface area is 119 Å². The Balaban J connectivity index is 1.77. The molecule has 0 heterocycles. The molecule has 0 radical (unpaired) electrons. The van der Waals surface area contributed by atoms with Gasteiger partial charge < -0.3 is 11.1 Å². The van der Waals surface area contributed by atoms with E-state index in [1.165, 1.54) is 6.42 Å². The lowest BCUT2D eigenvalue weighted by Crippen LogP contribution is -2.34. The highest BCUT2D eigenvalue weighted by Gasteiger charge is 2.25. The first-order chi connectivity index (χ1) is 9.17. The zero-order valence-corrected chi connectivity index (χ0v) is 12.2. The van der Waals surface area contributed by atoms with Crippen LogP contribution in [0, 0.1) is 0 Å². The van der Waals surface area contributed by atoms with E-state index in [0.717, 1.165) is 35.1 Å². The average molecular weight is 278 g/mol.